The van der Waals surface area contributed by atoms with E-state index in [1.54, 1.807) is 37.4 Å². The maximum absolute atomic E-state index is 12.0. The van der Waals surface area contributed by atoms with Gasteiger partial charge in [-0.15, -0.1) is 0 Å². The van der Waals surface area contributed by atoms with Gasteiger partial charge in [0.2, 0.25) is 5.95 Å². The molecule has 1 aliphatic rings. The first-order valence-electron chi connectivity index (χ1n) is 11.1. The second-order valence-corrected chi connectivity index (χ2v) is 8.90. The molecule has 1 aliphatic heterocycles. The summed E-state index contributed by atoms with van der Waals surface area (Å²) < 4.78 is 5.44. The monoisotopic (exact) mass is 467 g/mol. The number of benzene rings is 2. The Balaban J connectivity index is 1.69. The molecule has 0 unspecified atom stereocenters. The number of aryl methyl sites for hydroxylation is 1. The van der Waals surface area contributed by atoms with Gasteiger partial charge < -0.3 is 21.1 Å². The molecule has 0 aliphatic carbocycles. The molecule has 9 heteroatoms. The smallest absolute Gasteiger partial charge is 0.322 e. The van der Waals surface area contributed by atoms with Crippen molar-refractivity contribution in [3.63, 3.8) is 0 Å². The van der Waals surface area contributed by atoms with E-state index < -0.39 is 17.4 Å². The molecular formula is C26H25N7O2. The van der Waals surface area contributed by atoms with Gasteiger partial charge in [0.05, 0.1) is 28.6 Å². The van der Waals surface area contributed by atoms with Gasteiger partial charge in [-0.25, -0.2) is 9.97 Å². The van der Waals surface area contributed by atoms with Crippen LogP contribution in [0.1, 0.15) is 36.1 Å². The minimum Gasteiger partial charge on any atom is -0.464 e. The molecule has 4 N–H and O–H groups in total. The highest BCUT2D eigenvalue weighted by Crippen LogP contribution is 2.41. The summed E-state index contributed by atoms with van der Waals surface area (Å²) in [5.41, 5.74) is 10.7. The first-order chi connectivity index (χ1) is 16.7. The molecule has 3 aromatic rings. The van der Waals surface area contributed by atoms with Gasteiger partial charge in [0.1, 0.15) is 18.7 Å². The van der Waals surface area contributed by atoms with Crippen molar-refractivity contribution in [1.29, 1.82) is 10.5 Å². The molecule has 0 radical (unpaired) electrons. The van der Waals surface area contributed by atoms with Crippen LogP contribution < -0.4 is 16.4 Å². The molecule has 2 heterocycles. The Kier molecular flexibility index (Phi) is 6.37. The highest BCUT2D eigenvalue weighted by atomic mass is 16.5. The molecule has 4 rings (SSSR count). The lowest BCUT2D eigenvalue weighted by molar-refractivity contribution is -0.146. The summed E-state index contributed by atoms with van der Waals surface area (Å²) in [5, 5.41) is 25.5. The third-order valence-electron chi connectivity index (χ3n) is 6.03. The van der Waals surface area contributed by atoms with Crippen LogP contribution in [0.2, 0.25) is 0 Å². The molecule has 0 spiro atoms. The van der Waals surface area contributed by atoms with Gasteiger partial charge in [-0.1, -0.05) is 13.0 Å². The Hall–Kier alpha value is -4.47. The van der Waals surface area contributed by atoms with E-state index in [4.69, 9.17) is 10.5 Å². The number of esters is 1. The van der Waals surface area contributed by atoms with Crippen LogP contribution >= 0.6 is 0 Å². The number of rotatable bonds is 6. The van der Waals surface area contributed by atoms with Crippen LogP contribution in [0.3, 0.4) is 0 Å². The first-order valence-corrected chi connectivity index (χ1v) is 11.1. The van der Waals surface area contributed by atoms with Gasteiger partial charge in [0.15, 0.2) is 0 Å². The Labute approximate surface area is 203 Å². The molecule has 0 amide bonds. The quantitative estimate of drug-likeness (QED) is 0.463. The normalized spacial score (nSPS) is 16.9. The number of aromatic nitrogens is 2. The van der Waals surface area contributed by atoms with Crippen molar-refractivity contribution in [3.8, 4) is 23.4 Å². The maximum atomic E-state index is 12.0. The average molecular weight is 468 g/mol. The molecule has 0 saturated carbocycles. The van der Waals surface area contributed by atoms with Gasteiger partial charge in [-0.2, -0.15) is 10.5 Å². The largest absolute Gasteiger partial charge is 0.464 e. The van der Waals surface area contributed by atoms with Crippen molar-refractivity contribution in [2.75, 3.05) is 23.8 Å². The molecule has 0 bridgehead atoms. The number of nitrogens with two attached hydrogens (primary N) is 1. The fourth-order valence-electron chi connectivity index (χ4n) is 3.94. The van der Waals surface area contributed by atoms with Crippen molar-refractivity contribution in [2.24, 2.45) is 5.73 Å². The molecule has 0 saturated heterocycles. The van der Waals surface area contributed by atoms with Crippen molar-refractivity contribution in [2.45, 2.75) is 32.2 Å². The average Bonchev–Trinajstić information content (AvgIpc) is 3.20. The lowest BCUT2D eigenvalue weighted by atomic mass is 9.83. The lowest BCUT2D eigenvalue weighted by Gasteiger charge is -2.24. The van der Waals surface area contributed by atoms with Crippen LogP contribution in [0.4, 0.5) is 17.3 Å². The van der Waals surface area contributed by atoms with E-state index in [0.717, 1.165) is 28.1 Å². The van der Waals surface area contributed by atoms with Crippen LogP contribution in [0.25, 0.3) is 11.3 Å². The predicted octanol–water partition coefficient (Wildman–Crippen LogP) is 3.51. The number of nitriles is 2. The summed E-state index contributed by atoms with van der Waals surface area (Å²) in [6, 6.07) is 14.5. The fourth-order valence-corrected chi connectivity index (χ4v) is 3.94. The number of ether oxygens (including phenoxy) is 1. The van der Waals surface area contributed by atoms with Crippen molar-refractivity contribution in [3.05, 3.63) is 64.8 Å². The van der Waals surface area contributed by atoms with Gasteiger partial charge >= 0.3 is 5.97 Å². The second kappa shape index (κ2) is 9.41. The predicted molar refractivity (Wildman–Crippen MR) is 132 cm³/mol. The Morgan fingerprint density at radius 2 is 2.09 bits per heavy atom. The van der Waals surface area contributed by atoms with Gasteiger partial charge in [-0.3, -0.25) is 4.79 Å². The van der Waals surface area contributed by atoms with Crippen LogP contribution in [0.5, 0.6) is 0 Å². The van der Waals surface area contributed by atoms with Gasteiger partial charge in [0.25, 0.3) is 0 Å². The second-order valence-electron chi connectivity index (χ2n) is 8.90. The number of nitrogens with one attached hydrogen (secondary N) is 2. The zero-order chi connectivity index (χ0) is 25.2. The highest BCUT2D eigenvalue weighted by molar-refractivity contribution is 5.78. The number of anilines is 3. The zero-order valence-electron chi connectivity index (χ0n) is 19.7. The first kappa shape index (κ1) is 23.7. The topological polar surface area (TPSA) is 150 Å². The zero-order valence-corrected chi connectivity index (χ0v) is 19.7. The molecule has 2 aromatic carbocycles. The van der Waals surface area contributed by atoms with Crippen LogP contribution in [0.15, 0.2) is 42.6 Å². The van der Waals surface area contributed by atoms with E-state index in [-0.39, 0.29) is 6.61 Å². The molecule has 1 aromatic heterocycles. The van der Waals surface area contributed by atoms with E-state index in [1.165, 1.54) is 0 Å². The fraction of sp³-hybridized carbons (Fsp3) is 0.269. The van der Waals surface area contributed by atoms with E-state index in [9.17, 15) is 15.3 Å². The third-order valence-corrected chi connectivity index (χ3v) is 6.03. The Morgan fingerprint density at radius 3 is 2.80 bits per heavy atom. The van der Waals surface area contributed by atoms with E-state index in [2.05, 4.69) is 32.7 Å². The summed E-state index contributed by atoms with van der Waals surface area (Å²) in [7, 11) is 0. The Bertz CT molecular complexity index is 1390. The summed E-state index contributed by atoms with van der Waals surface area (Å²) in [6.07, 6.45) is 1.63. The van der Waals surface area contributed by atoms with Gasteiger partial charge in [0, 0.05) is 29.4 Å². The summed E-state index contributed by atoms with van der Waals surface area (Å²) >= 11 is 0. The van der Waals surface area contributed by atoms with Crippen LogP contribution in [-0.2, 0) is 14.9 Å². The molecule has 176 valence electrons. The molecule has 0 fully saturated rings. The number of hydrogen-bond donors (Lipinski definition) is 3. The van der Waals surface area contributed by atoms with Crippen LogP contribution in [-0.4, -0.2) is 35.1 Å². The van der Waals surface area contributed by atoms with Crippen molar-refractivity contribution in [1.82, 2.24) is 9.97 Å². The van der Waals surface area contributed by atoms with Gasteiger partial charge in [-0.05, 0) is 55.3 Å². The van der Waals surface area contributed by atoms with E-state index >= 15 is 0 Å². The van der Waals surface area contributed by atoms with E-state index in [1.807, 2.05) is 26.0 Å². The number of hydrogen-bond acceptors (Lipinski definition) is 9. The third kappa shape index (κ3) is 4.77. The summed E-state index contributed by atoms with van der Waals surface area (Å²) in [5.74, 6) is -0.106. The maximum Gasteiger partial charge on any atom is 0.322 e. The molecular weight excluding hydrogens is 442 g/mol. The number of carbonyl (C=O) groups is 1. The number of carbonyl (C=O) groups excluding carboxylic acids is 1. The van der Waals surface area contributed by atoms with Crippen molar-refractivity contribution >= 4 is 23.3 Å². The minimum absolute atomic E-state index is 0.132. The summed E-state index contributed by atoms with van der Waals surface area (Å²) in [4.78, 5) is 20.9. The molecule has 9 nitrogen and oxygen atoms in total. The summed E-state index contributed by atoms with van der Waals surface area (Å²) in [6.45, 7) is 6.13. The molecule has 2 atom stereocenters. The van der Waals surface area contributed by atoms with Crippen molar-refractivity contribution < 1.29 is 9.53 Å². The SMILES string of the molecule is Cc1ccc(C#N)cc1Nc1nccc(-c2cc(C#N)c3c(c2)[C@@](C)(COC(=O)[C@H](C)N)CN3)n1. The number of nitrogens with zero attached hydrogens (tertiary/aromatic N) is 4. The van der Waals surface area contributed by atoms with Crippen LogP contribution in [0, 0.1) is 29.6 Å². The minimum atomic E-state index is -0.710. The number of fused-ring (bicyclic) bond motifs is 1. The standard InChI is InChI=1S/C26H25N7O2/c1-15-4-5-17(11-27)8-22(15)33-25-30-7-6-21(32-25)18-9-19(12-28)23-20(10-18)26(3,13-31-23)14-35-24(34)16(2)29/h4-10,16,31H,13-14,29H2,1-3H3,(H,30,32,33)/t16-,26+/m0/s1. The Morgan fingerprint density at radius 1 is 1.29 bits per heavy atom. The lowest BCUT2D eigenvalue weighted by Crippen LogP contribution is -2.36. The highest BCUT2D eigenvalue weighted by Gasteiger charge is 2.38. The van der Waals surface area contributed by atoms with E-state index in [0.29, 0.717) is 29.3 Å². The molecule has 35 heavy (non-hydrogen) atoms.